The number of carbonyl (C=O) groups excluding carboxylic acids is 1. The molecule has 0 aromatic carbocycles. The molecule has 1 aliphatic heterocycles. The third-order valence-corrected chi connectivity index (χ3v) is 2.98. The number of carbonyl (C=O) groups is 2. The summed E-state index contributed by atoms with van der Waals surface area (Å²) in [6.07, 6.45) is 1.73. The number of aliphatic carboxylic acids is 1. The SMILES string of the molecule is CCCN1CC(CCC(=O)O)N(C)CC1=O. The molecule has 1 saturated heterocycles. The fraction of sp³-hybridized carbons (Fsp3) is 0.818. The fourth-order valence-electron chi connectivity index (χ4n) is 2.03. The van der Waals surface area contributed by atoms with Gasteiger partial charge in [0.05, 0.1) is 6.54 Å². The minimum absolute atomic E-state index is 0.149. The molecule has 92 valence electrons. The summed E-state index contributed by atoms with van der Waals surface area (Å²) in [7, 11) is 1.88. The van der Waals surface area contributed by atoms with Gasteiger partial charge in [-0.05, 0) is 19.9 Å². The van der Waals surface area contributed by atoms with Gasteiger partial charge in [-0.1, -0.05) is 6.92 Å². The summed E-state index contributed by atoms with van der Waals surface area (Å²) >= 11 is 0. The maximum absolute atomic E-state index is 11.6. The smallest absolute Gasteiger partial charge is 0.303 e. The van der Waals surface area contributed by atoms with Crippen molar-refractivity contribution in [1.82, 2.24) is 9.80 Å². The Bertz CT molecular complexity index is 268. The van der Waals surface area contributed by atoms with Crippen LogP contribution in [0, 0.1) is 0 Å². The Morgan fingerprint density at radius 2 is 2.25 bits per heavy atom. The largest absolute Gasteiger partial charge is 0.481 e. The lowest BCUT2D eigenvalue weighted by atomic mass is 10.1. The normalized spacial score (nSPS) is 22.5. The first kappa shape index (κ1) is 13.0. The third-order valence-electron chi connectivity index (χ3n) is 2.98. The first-order valence-corrected chi connectivity index (χ1v) is 5.74. The lowest BCUT2D eigenvalue weighted by Gasteiger charge is -2.38. The van der Waals surface area contributed by atoms with Crippen molar-refractivity contribution in [2.75, 3.05) is 26.7 Å². The average Bonchev–Trinajstić information content (AvgIpc) is 2.20. The molecule has 5 nitrogen and oxygen atoms in total. The molecule has 16 heavy (non-hydrogen) atoms. The van der Waals surface area contributed by atoms with Gasteiger partial charge in [0.15, 0.2) is 0 Å². The highest BCUT2D eigenvalue weighted by Crippen LogP contribution is 2.13. The van der Waals surface area contributed by atoms with Crippen molar-refractivity contribution < 1.29 is 14.7 Å². The first-order chi connectivity index (χ1) is 7.54. The van der Waals surface area contributed by atoms with E-state index in [4.69, 9.17) is 5.11 Å². The van der Waals surface area contributed by atoms with Crippen LogP contribution in [0.15, 0.2) is 0 Å². The molecule has 0 aromatic rings. The number of hydrogen-bond acceptors (Lipinski definition) is 3. The van der Waals surface area contributed by atoms with Crippen molar-refractivity contribution in [3.63, 3.8) is 0 Å². The van der Waals surface area contributed by atoms with Gasteiger partial charge in [0, 0.05) is 25.6 Å². The van der Waals surface area contributed by atoms with Gasteiger partial charge in [0.1, 0.15) is 0 Å². The standard InChI is InChI=1S/C11H20N2O3/c1-3-6-13-7-9(4-5-11(15)16)12(2)8-10(13)14/h9H,3-8H2,1-2H3,(H,15,16). The number of nitrogens with zero attached hydrogens (tertiary/aromatic N) is 2. The van der Waals surface area contributed by atoms with E-state index >= 15 is 0 Å². The van der Waals surface area contributed by atoms with Crippen molar-refractivity contribution in [2.45, 2.75) is 32.2 Å². The molecule has 1 fully saturated rings. The lowest BCUT2D eigenvalue weighted by molar-refractivity contribution is -0.139. The maximum atomic E-state index is 11.6. The van der Waals surface area contributed by atoms with E-state index in [-0.39, 0.29) is 18.4 Å². The van der Waals surface area contributed by atoms with Gasteiger partial charge in [-0.25, -0.2) is 0 Å². The number of carboxylic acids is 1. The lowest BCUT2D eigenvalue weighted by Crippen LogP contribution is -2.54. The molecule has 0 spiro atoms. The highest BCUT2D eigenvalue weighted by molar-refractivity contribution is 5.79. The zero-order valence-corrected chi connectivity index (χ0v) is 9.98. The molecule has 1 amide bonds. The Labute approximate surface area is 96.0 Å². The monoisotopic (exact) mass is 228 g/mol. The predicted molar refractivity (Wildman–Crippen MR) is 60.2 cm³/mol. The molecule has 0 bridgehead atoms. The molecule has 1 atom stereocenters. The second-order valence-corrected chi connectivity index (χ2v) is 4.34. The van der Waals surface area contributed by atoms with Crippen LogP contribution in [0.1, 0.15) is 26.2 Å². The van der Waals surface area contributed by atoms with E-state index in [0.29, 0.717) is 19.5 Å². The van der Waals surface area contributed by atoms with Crippen LogP contribution >= 0.6 is 0 Å². The van der Waals surface area contributed by atoms with E-state index in [1.807, 2.05) is 23.8 Å². The number of hydrogen-bond donors (Lipinski definition) is 1. The molecule has 1 aliphatic rings. The van der Waals surface area contributed by atoms with E-state index in [9.17, 15) is 9.59 Å². The minimum Gasteiger partial charge on any atom is -0.481 e. The second-order valence-electron chi connectivity index (χ2n) is 4.34. The van der Waals surface area contributed by atoms with Gasteiger partial charge in [-0.15, -0.1) is 0 Å². The Balaban J connectivity index is 2.50. The number of amides is 1. The first-order valence-electron chi connectivity index (χ1n) is 5.74. The van der Waals surface area contributed by atoms with Gasteiger partial charge in [0.2, 0.25) is 5.91 Å². The van der Waals surface area contributed by atoms with E-state index in [1.165, 1.54) is 0 Å². The quantitative estimate of drug-likeness (QED) is 0.740. The fourth-order valence-corrected chi connectivity index (χ4v) is 2.03. The van der Waals surface area contributed by atoms with Crippen molar-refractivity contribution in [3.8, 4) is 0 Å². The zero-order valence-electron chi connectivity index (χ0n) is 9.98. The summed E-state index contributed by atoms with van der Waals surface area (Å²) < 4.78 is 0. The van der Waals surface area contributed by atoms with Gasteiger partial charge in [-0.3, -0.25) is 14.5 Å². The van der Waals surface area contributed by atoms with Crippen LogP contribution in [0.5, 0.6) is 0 Å². The predicted octanol–water partition coefficient (Wildman–Crippen LogP) is 0.404. The Morgan fingerprint density at radius 1 is 1.56 bits per heavy atom. The van der Waals surface area contributed by atoms with Crippen molar-refractivity contribution >= 4 is 11.9 Å². The Hall–Kier alpha value is -1.10. The summed E-state index contributed by atoms with van der Waals surface area (Å²) in [4.78, 5) is 26.0. The molecule has 0 radical (unpaired) electrons. The van der Waals surface area contributed by atoms with E-state index in [2.05, 4.69) is 0 Å². The van der Waals surface area contributed by atoms with Crippen LogP contribution in [0.3, 0.4) is 0 Å². The third kappa shape index (κ3) is 3.48. The van der Waals surface area contributed by atoms with Gasteiger partial charge in [-0.2, -0.15) is 0 Å². The van der Waals surface area contributed by atoms with Crippen molar-refractivity contribution in [1.29, 1.82) is 0 Å². The zero-order chi connectivity index (χ0) is 12.1. The highest BCUT2D eigenvalue weighted by Gasteiger charge is 2.29. The van der Waals surface area contributed by atoms with Crippen LogP contribution in [-0.2, 0) is 9.59 Å². The summed E-state index contributed by atoms with van der Waals surface area (Å²) in [5, 5.41) is 8.65. The summed E-state index contributed by atoms with van der Waals surface area (Å²) in [6, 6.07) is 0.181. The summed E-state index contributed by atoms with van der Waals surface area (Å²) in [6.45, 7) is 3.88. The minimum atomic E-state index is -0.771. The Morgan fingerprint density at radius 3 is 2.81 bits per heavy atom. The topological polar surface area (TPSA) is 60.9 Å². The highest BCUT2D eigenvalue weighted by atomic mass is 16.4. The second kappa shape index (κ2) is 5.84. The molecular formula is C11H20N2O3. The number of rotatable bonds is 5. The van der Waals surface area contributed by atoms with Gasteiger partial charge >= 0.3 is 5.97 Å². The molecular weight excluding hydrogens is 208 g/mol. The van der Waals surface area contributed by atoms with Crippen LogP contribution in [0.25, 0.3) is 0 Å². The van der Waals surface area contributed by atoms with Gasteiger partial charge < -0.3 is 10.0 Å². The molecule has 1 N–H and O–H groups in total. The van der Waals surface area contributed by atoms with Crippen LogP contribution in [0.4, 0.5) is 0 Å². The molecule has 1 unspecified atom stereocenters. The van der Waals surface area contributed by atoms with Crippen LogP contribution in [-0.4, -0.2) is 59.5 Å². The molecule has 0 aliphatic carbocycles. The van der Waals surface area contributed by atoms with Crippen molar-refractivity contribution in [2.24, 2.45) is 0 Å². The number of likely N-dealkylation sites (N-methyl/N-ethyl adjacent to an activating group) is 1. The number of piperazine rings is 1. The van der Waals surface area contributed by atoms with E-state index in [0.717, 1.165) is 13.0 Å². The number of carboxylic acid groups (broad SMARTS) is 1. The van der Waals surface area contributed by atoms with Crippen molar-refractivity contribution in [3.05, 3.63) is 0 Å². The molecule has 0 saturated carbocycles. The average molecular weight is 228 g/mol. The molecule has 0 aromatic heterocycles. The van der Waals surface area contributed by atoms with Crippen LogP contribution in [0.2, 0.25) is 0 Å². The van der Waals surface area contributed by atoms with Gasteiger partial charge in [0.25, 0.3) is 0 Å². The van der Waals surface area contributed by atoms with E-state index < -0.39 is 5.97 Å². The summed E-state index contributed by atoms with van der Waals surface area (Å²) in [5.74, 6) is -0.622. The Kier molecular flexibility index (Phi) is 4.73. The summed E-state index contributed by atoms with van der Waals surface area (Å²) in [5.41, 5.74) is 0. The maximum Gasteiger partial charge on any atom is 0.303 e. The molecule has 5 heteroatoms. The van der Waals surface area contributed by atoms with E-state index in [1.54, 1.807) is 0 Å². The molecule has 1 rings (SSSR count). The van der Waals surface area contributed by atoms with Crippen LogP contribution < -0.4 is 0 Å². The molecule has 1 heterocycles.